The van der Waals surface area contributed by atoms with Gasteiger partial charge in [-0.3, -0.25) is 10.1 Å². The molecule has 0 atom stereocenters. The lowest BCUT2D eigenvalue weighted by atomic mass is 10.3. The number of thiocarbonyl (C=S) groups is 1. The quantitative estimate of drug-likeness (QED) is 0.627. The molecule has 0 aliphatic carbocycles. The summed E-state index contributed by atoms with van der Waals surface area (Å²) in [6, 6.07) is 10.9. The molecule has 1 aromatic heterocycles. The van der Waals surface area contributed by atoms with Crippen LogP contribution in [0.2, 0.25) is 0 Å². The number of anilines is 1. The van der Waals surface area contributed by atoms with E-state index in [1.165, 1.54) is 11.3 Å². The van der Waals surface area contributed by atoms with E-state index in [0.717, 1.165) is 5.69 Å². The highest BCUT2D eigenvalue weighted by molar-refractivity contribution is 7.80. The minimum Gasteiger partial charge on any atom is -0.491 e. The second-order valence-electron chi connectivity index (χ2n) is 4.25. The summed E-state index contributed by atoms with van der Waals surface area (Å²) in [6.07, 6.45) is 0. The van der Waals surface area contributed by atoms with Crippen molar-refractivity contribution in [2.75, 3.05) is 25.6 Å². The van der Waals surface area contributed by atoms with Gasteiger partial charge in [-0.05, 0) is 35.8 Å². The van der Waals surface area contributed by atoms with Gasteiger partial charge in [0, 0.05) is 18.9 Å². The molecule has 0 fully saturated rings. The molecular formula is C15H16N2O3S2. The summed E-state index contributed by atoms with van der Waals surface area (Å²) in [5.74, 6) is 0.481. The summed E-state index contributed by atoms with van der Waals surface area (Å²) < 4.78 is 10.4. The molecule has 7 heteroatoms. The van der Waals surface area contributed by atoms with E-state index in [0.29, 0.717) is 23.8 Å². The van der Waals surface area contributed by atoms with E-state index in [2.05, 4.69) is 10.6 Å². The molecule has 0 bridgehead atoms. The predicted octanol–water partition coefficient (Wildman–Crippen LogP) is 2.90. The van der Waals surface area contributed by atoms with Crippen molar-refractivity contribution in [2.24, 2.45) is 0 Å². The van der Waals surface area contributed by atoms with Gasteiger partial charge in [0.1, 0.15) is 12.4 Å². The molecule has 1 heterocycles. The smallest absolute Gasteiger partial charge is 0.267 e. The number of carbonyl (C=O) groups is 1. The molecule has 1 amide bonds. The molecule has 22 heavy (non-hydrogen) atoms. The number of benzene rings is 1. The first kappa shape index (κ1) is 16.4. The van der Waals surface area contributed by atoms with Crippen LogP contribution in [0.1, 0.15) is 9.67 Å². The van der Waals surface area contributed by atoms with Crippen LogP contribution < -0.4 is 15.4 Å². The van der Waals surface area contributed by atoms with Crippen LogP contribution in [0.15, 0.2) is 41.8 Å². The molecule has 116 valence electrons. The molecular weight excluding hydrogens is 320 g/mol. The highest BCUT2D eigenvalue weighted by atomic mass is 32.1. The Bertz CT molecular complexity index is 629. The monoisotopic (exact) mass is 336 g/mol. The third-order valence-corrected chi connectivity index (χ3v) is 3.69. The van der Waals surface area contributed by atoms with E-state index in [4.69, 9.17) is 21.7 Å². The first-order valence-electron chi connectivity index (χ1n) is 6.56. The van der Waals surface area contributed by atoms with E-state index in [1.54, 1.807) is 19.2 Å². The second kappa shape index (κ2) is 8.47. The number of methoxy groups -OCH3 is 1. The van der Waals surface area contributed by atoms with Gasteiger partial charge in [-0.25, -0.2) is 0 Å². The molecule has 0 spiro atoms. The van der Waals surface area contributed by atoms with Crippen LogP contribution in [0.25, 0.3) is 0 Å². The van der Waals surface area contributed by atoms with Gasteiger partial charge in [0.25, 0.3) is 5.91 Å². The number of nitrogens with one attached hydrogen (secondary N) is 2. The van der Waals surface area contributed by atoms with Crippen molar-refractivity contribution >= 4 is 40.3 Å². The highest BCUT2D eigenvalue weighted by Gasteiger charge is 2.08. The normalized spacial score (nSPS) is 10.0. The number of hydrogen-bond donors (Lipinski definition) is 2. The van der Waals surface area contributed by atoms with Gasteiger partial charge in [0.15, 0.2) is 5.11 Å². The molecule has 0 aliphatic rings. The lowest BCUT2D eigenvalue weighted by molar-refractivity contribution is 0.0981. The summed E-state index contributed by atoms with van der Waals surface area (Å²) in [7, 11) is 1.62. The summed E-state index contributed by atoms with van der Waals surface area (Å²) >= 11 is 6.50. The Morgan fingerprint density at radius 1 is 1.27 bits per heavy atom. The van der Waals surface area contributed by atoms with Crippen molar-refractivity contribution in [3.8, 4) is 5.75 Å². The molecule has 0 unspecified atom stereocenters. The number of amides is 1. The third kappa shape index (κ3) is 5.10. The lowest BCUT2D eigenvalue weighted by Crippen LogP contribution is -2.33. The molecule has 0 saturated carbocycles. The molecule has 2 N–H and O–H groups in total. The van der Waals surface area contributed by atoms with Crippen LogP contribution in [0.5, 0.6) is 5.75 Å². The van der Waals surface area contributed by atoms with Crippen LogP contribution in [0.4, 0.5) is 5.69 Å². The van der Waals surface area contributed by atoms with Crippen LogP contribution in [-0.4, -0.2) is 31.3 Å². The van der Waals surface area contributed by atoms with E-state index in [9.17, 15) is 4.79 Å². The van der Waals surface area contributed by atoms with Gasteiger partial charge in [-0.2, -0.15) is 0 Å². The number of hydrogen-bond acceptors (Lipinski definition) is 5. The maximum absolute atomic E-state index is 11.9. The average molecular weight is 336 g/mol. The van der Waals surface area contributed by atoms with Crippen molar-refractivity contribution < 1.29 is 14.3 Å². The molecule has 1 aromatic carbocycles. The van der Waals surface area contributed by atoms with Gasteiger partial charge >= 0.3 is 0 Å². The number of carbonyl (C=O) groups excluding carboxylic acids is 1. The summed E-state index contributed by atoms with van der Waals surface area (Å²) in [6.45, 7) is 0.993. The van der Waals surface area contributed by atoms with Crippen molar-refractivity contribution in [1.29, 1.82) is 0 Å². The van der Waals surface area contributed by atoms with Crippen LogP contribution >= 0.6 is 23.6 Å². The number of thiophene rings is 1. The Morgan fingerprint density at radius 2 is 2.14 bits per heavy atom. The fourth-order valence-corrected chi connectivity index (χ4v) is 2.47. The molecule has 5 nitrogen and oxygen atoms in total. The summed E-state index contributed by atoms with van der Waals surface area (Å²) in [5.41, 5.74) is 0.742. The van der Waals surface area contributed by atoms with Gasteiger partial charge in [-0.15, -0.1) is 11.3 Å². The molecule has 2 rings (SSSR count). The Hall–Kier alpha value is -1.96. The second-order valence-corrected chi connectivity index (χ2v) is 5.61. The van der Waals surface area contributed by atoms with E-state index in [1.807, 2.05) is 29.6 Å². The van der Waals surface area contributed by atoms with Crippen molar-refractivity contribution in [2.45, 2.75) is 0 Å². The van der Waals surface area contributed by atoms with Crippen molar-refractivity contribution in [3.05, 3.63) is 46.7 Å². The molecule has 0 radical (unpaired) electrons. The molecule has 2 aromatic rings. The minimum atomic E-state index is -0.222. The van der Waals surface area contributed by atoms with E-state index in [-0.39, 0.29) is 11.0 Å². The maximum atomic E-state index is 11.9. The fourth-order valence-electron chi connectivity index (χ4n) is 1.64. The Morgan fingerprint density at radius 3 is 2.86 bits per heavy atom. The third-order valence-electron chi connectivity index (χ3n) is 2.62. The lowest BCUT2D eigenvalue weighted by Gasteiger charge is -2.11. The number of ether oxygens (including phenoxy) is 2. The predicted molar refractivity (Wildman–Crippen MR) is 91.8 cm³/mol. The highest BCUT2D eigenvalue weighted by Crippen LogP contribution is 2.17. The fraction of sp³-hybridized carbons (Fsp3) is 0.200. The summed E-state index contributed by atoms with van der Waals surface area (Å²) in [4.78, 5) is 12.5. The zero-order valence-corrected chi connectivity index (χ0v) is 13.6. The maximum Gasteiger partial charge on any atom is 0.267 e. The SMILES string of the molecule is COCCOc1cccc(NC(=S)NC(=O)c2cccs2)c1. The molecule has 0 aliphatic heterocycles. The first-order valence-corrected chi connectivity index (χ1v) is 7.85. The van der Waals surface area contributed by atoms with Crippen molar-refractivity contribution in [1.82, 2.24) is 5.32 Å². The molecule has 0 saturated heterocycles. The topological polar surface area (TPSA) is 59.6 Å². The zero-order chi connectivity index (χ0) is 15.8. The van der Waals surface area contributed by atoms with Gasteiger partial charge in [-0.1, -0.05) is 12.1 Å². The van der Waals surface area contributed by atoms with Crippen LogP contribution in [0.3, 0.4) is 0 Å². The summed E-state index contributed by atoms with van der Waals surface area (Å²) in [5, 5.41) is 7.67. The van der Waals surface area contributed by atoms with E-state index >= 15 is 0 Å². The average Bonchev–Trinajstić information content (AvgIpc) is 3.02. The van der Waals surface area contributed by atoms with Gasteiger partial charge in [0.2, 0.25) is 0 Å². The van der Waals surface area contributed by atoms with E-state index < -0.39 is 0 Å². The van der Waals surface area contributed by atoms with Crippen LogP contribution in [0, 0.1) is 0 Å². The standard InChI is InChI=1S/C15H16N2O3S2/c1-19-7-8-20-12-5-2-4-11(10-12)16-15(21)17-14(18)13-6-3-9-22-13/h2-6,9-10H,7-8H2,1H3,(H2,16,17,18,21). The van der Waals surface area contributed by atoms with Crippen LogP contribution in [-0.2, 0) is 4.74 Å². The Kier molecular flexibility index (Phi) is 6.32. The Labute approximate surface area is 138 Å². The zero-order valence-electron chi connectivity index (χ0n) is 12.0. The first-order chi connectivity index (χ1) is 10.7. The minimum absolute atomic E-state index is 0.222. The Balaban J connectivity index is 1.88. The largest absolute Gasteiger partial charge is 0.491 e. The van der Waals surface area contributed by atoms with Crippen molar-refractivity contribution in [3.63, 3.8) is 0 Å². The van der Waals surface area contributed by atoms with Gasteiger partial charge < -0.3 is 14.8 Å². The van der Waals surface area contributed by atoms with Gasteiger partial charge in [0.05, 0.1) is 11.5 Å². The number of rotatable bonds is 6.